The normalized spacial score (nSPS) is 32.9. The maximum Gasteiger partial charge on any atom is 0.306 e. The quantitative estimate of drug-likeness (QED) is 0.0793. The Morgan fingerprint density at radius 2 is 1.55 bits per heavy atom. The summed E-state index contributed by atoms with van der Waals surface area (Å²) in [5.74, 6) is 5.28. The third-order valence-corrected chi connectivity index (χ3v) is 13.6. The summed E-state index contributed by atoms with van der Waals surface area (Å²) >= 11 is 0. The van der Waals surface area contributed by atoms with Gasteiger partial charge in [0.25, 0.3) is 0 Å². The van der Waals surface area contributed by atoms with Gasteiger partial charge in [0.2, 0.25) is 0 Å². The summed E-state index contributed by atoms with van der Waals surface area (Å²) in [4.78, 5) is 12.8. The molecule has 0 aromatic rings. The molecule has 266 valence electrons. The summed E-state index contributed by atoms with van der Waals surface area (Å²) in [6.07, 6.45) is 41.7. The van der Waals surface area contributed by atoms with Gasteiger partial charge in [-0.2, -0.15) is 0 Å². The van der Waals surface area contributed by atoms with E-state index in [1.54, 1.807) is 5.57 Å². The number of esters is 1. The van der Waals surface area contributed by atoms with Crippen molar-refractivity contribution in [2.24, 2.45) is 46.3 Å². The minimum absolute atomic E-state index is 0.0435. The Balaban J connectivity index is 1.13. The average Bonchev–Trinajstić information content (AvgIpc) is 3.40. The van der Waals surface area contributed by atoms with Crippen molar-refractivity contribution >= 4 is 5.97 Å². The maximum atomic E-state index is 12.8. The Morgan fingerprint density at radius 1 is 0.830 bits per heavy atom. The molecule has 0 N–H and O–H groups in total. The fourth-order valence-corrected chi connectivity index (χ4v) is 10.9. The fraction of sp³-hybridized carbons (Fsp3) is 0.800. The lowest BCUT2D eigenvalue weighted by Gasteiger charge is -2.58. The molecule has 2 nitrogen and oxygen atoms in total. The Bertz CT molecular complexity index is 1060. The lowest BCUT2D eigenvalue weighted by Crippen LogP contribution is -2.51. The van der Waals surface area contributed by atoms with Crippen LogP contribution in [-0.2, 0) is 9.53 Å². The highest BCUT2D eigenvalue weighted by Crippen LogP contribution is 2.67. The highest BCUT2D eigenvalue weighted by molar-refractivity contribution is 5.69. The molecule has 0 heterocycles. The van der Waals surface area contributed by atoms with Gasteiger partial charge in [0.05, 0.1) is 0 Å². The Hall–Kier alpha value is -1.57. The van der Waals surface area contributed by atoms with Gasteiger partial charge < -0.3 is 4.74 Å². The van der Waals surface area contributed by atoms with Crippen LogP contribution >= 0.6 is 0 Å². The van der Waals surface area contributed by atoms with Crippen LogP contribution in [0.2, 0.25) is 0 Å². The van der Waals surface area contributed by atoms with E-state index in [0.29, 0.717) is 17.3 Å². The molecule has 3 saturated carbocycles. The van der Waals surface area contributed by atoms with Crippen molar-refractivity contribution in [2.75, 3.05) is 0 Å². The standard InChI is InChI=1S/C45H74O2/c1-7-8-9-10-11-12-13-14-15-16-17-18-19-20-21-25-43(46)47-38-30-32-44(5)37(34-38)26-27-39-41-29-28-40(36(4)24-22-23-35(2)3)45(41,6)33-31-42(39)44/h8-9,11-12,14-15,26,35-36,38-42H,7,10,13,16-25,27-34H2,1-6H3/b9-8-,12-11-,15-14-/t36-,38+,39+,40-,41+,42+,44+,45-/m1/s1. The van der Waals surface area contributed by atoms with Crippen LogP contribution in [0, 0.1) is 46.3 Å². The van der Waals surface area contributed by atoms with Gasteiger partial charge in [-0.25, -0.2) is 0 Å². The van der Waals surface area contributed by atoms with Crippen molar-refractivity contribution < 1.29 is 9.53 Å². The lowest BCUT2D eigenvalue weighted by molar-refractivity contribution is -0.151. The summed E-state index contributed by atoms with van der Waals surface area (Å²) < 4.78 is 6.12. The molecule has 0 amide bonds. The largest absolute Gasteiger partial charge is 0.462 e. The zero-order valence-electron chi connectivity index (χ0n) is 31.7. The molecule has 8 atom stereocenters. The van der Waals surface area contributed by atoms with Crippen molar-refractivity contribution in [1.29, 1.82) is 0 Å². The highest BCUT2D eigenvalue weighted by Gasteiger charge is 2.59. The van der Waals surface area contributed by atoms with E-state index >= 15 is 0 Å². The molecule has 4 aliphatic rings. The van der Waals surface area contributed by atoms with Crippen LogP contribution in [0.15, 0.2) is 48.1 Å². The number of ether oxygens (including phenoxy) is 1. The number of hydrogen-bond acceptors (Lipinski definition) is 2. The molecule has 4 aliphatic carbocycles. The molecule has 4 rings (SSSR count). The Kier molecular flexibility index (Phi) is 15.4. The molecule has 0 radical (unpaired) electrons. The van der Waals surface area contributed by atoms with Gasteiger partial charge in [-0.15, -0.1) is 0 Å². The van der Waals surface area contributed by atoms with E-state index < -0.39 is 0 Å². The SMILES string of the molecule is CC/C=C\C/C=C\C/C=C\CCCCCCCC(=O)O[C@H]1CC[C@@]2(C)C(=CC[C@H]3[C@@H]4CC[C@H]([C@H](C)CCCC(C)C)[C@@]4(C)CC[C@@H]32)C1. The van der Waals surface area contributed by atoms with Crippen LogP contribution in [0.1, 0.15) is 176 Å². The number of rotatable bonds is 19. The summed E-state index contributed by atoms with van der Waals surface area (Å²) in [6.45, 7) is 14.8. The van der Waals surface area contributed by atoms with Crippen molar-refractivity contribution in [3.05, 3.63) is 48.1 Å². The monoisotopic (exact) mass is 647 g/mol. The van der Waals surface area contributed by atoms with Crippen molar-refractivity contribution in [1.82, 2.24) is 0 Å². The molecule has 0 spiro atoms. The molecular formula is C45H74O2. The maximum absolute atomic E-state index is 12.8. The summed E-state index contributed by atoms with van der Waals surface area (Å²) in [5, 5.41) is 0. The van der Waals surface area contributed by atoms with Gasteiger partial charge in [0.1, 0.15) is 6.10 Å². The second-order valence-electron chi connectivity index (χ2n) is 17.2. The number of allylic oxidation sites excluding steroid dienone is 7. The van der Waals surface area contributed by atoms with Crippen LogP contribution in [0.5, 0.6) is 0 Å². The number of fused-ring (bicyclic) bond motifs is 5. The van der Waals surface area contributed by atoms with Gasteiger partial charge in [-0.1, -0.05) is 128 Å². The first-order chi connectivity index (χ1) is 22.7. The number of carbonyl (C=O) groups excluding carboxylic acids is 1. The van der Waals surface area contributed by atoms with Crippen LogP contribution in [0.3, 0.4) is 0 Å². The molecule has 47 heavy (non-hydrogen) atoms. The number of hydrogen-bond donors (Lipinski definition) is 0. The predicted octanol–water partition coefficient (Wildman–Crippen LogP) is 13.5. The van der Waals surface area contributed by atoms with Crippen molar-refractivity contribution in [3.8, 4) is 0 Å². The van der Waals surface area contributed by atoms with E-state index in [1.165, 1.54) is 83.5 Å². The van der Waals surface area contributed by atoms with Crippen molar-refractivity contribution in [3.63, 3.8) is 0 Å². The predicted molar refractivity (Wildman–Crippen MR) is 202 cm³/mol. The minimum Gasteiger partial charge on any atom is -0.462 e. The third kappa shape index (κ3) is 10.5. The van der Waals surface area contributed by atoms with Gasteiger partial charge in [0, 0.05) is 12.8 Å². The first-order valence-corrected chi connectivity index (χ1v) is 20.5. The third-order valence-electron chi connectivity index (χ3n) is 13.6. The summed E-state index contributed by atoms with van der Waals surface area (Å²) in [6, 6.07) is 0. The Labute approximate surface area is 291 Å². The van der Waals surface area contributed by atoms with Crippen LogP contribution < -0.4 is 0 Å². The van der Waals surface area contributed by atoms with Crippen molar-refractivity contribution in [2.45, 2.75) is 182 Å². The average molecular weight is 647 g/mol. The number of carbonyl (C=O) groups is 1. The summed E-state index contributed by atoms with van der Waals surface area (Å²) in [7, 11) is 0. The first kappa shape index (κ1) is 38.2. The molecular weight excluding hydrogens is 572 g/mol. The molecule has 0 aliphatic heterocycles. The molecule has 0 unspecified atom stereocenters. The van der Waals surface area contributed by atoms with Crippen LogP contribution in [-0.4, -0.2) is 12.1 Å². The first-order valence-electron chi connectivity index (χ1n) is 20.5. The molecule has 0 bridgehead atoms. The van der Waals surface area contributed by atoms with Gasteiger partial charge in [-0.3, -0.25) is 4.79 Å². The smallest absolute Gasteiger partial charge is 0.306 e. The van der Waals surface area contributed by atoms with Gasteiger partial charge in [-0.05, 0) is 130 Å². The van der Waals surface area contributed by atoms with Gasteiger partial charge >= 0.3 is 5.97 Å². The molecule has 0 aromatic carbocycles. The fourth-order valence-electron chi connectivity index (χ4n) is 10.9. The zero-order valence-corrected chi connectivity index (χ0v) is 31.7. The zero-order chi connectivity index (χ0) is 33.7. The number of unbranched alkanes of at least 4 members (excludes halogenated alkanes) is 5. The second-order valence-corrected chi connectivity index (χ2v) is 17.2. The minimum atomic E-state index is 0.0435. The molecule has 2 heteroatoms. The Morgan fingerprint density at radius 3 is 2.32 bits per heavy atom. The topological polar surface area (TPSA) is 26.3 Å². The van der Waals surface area contributed by atoms with E-state index in [1.807, 2.05) is 0 Å². The van der Waals surface area contributed by atoms with Crippen LogP contribution in [0.25, 0.3) is 0 Å². The molecule has 0 aromatic heterocycles. The lowest BCUT2D eigenvalue weighted by atomic mass is 9.47. The van der Waals surface area contributed by atoms with E-state index in [2.05, 4.69) is 84.1 Å². The molecule has 3 fully saturated rings. The van der Waals surface area contributed by atoms with E-state index in [0.717, 1.165) is 80.5 Å². The van der Waals surface area contributed by atoms with E-state index in [-0.39, 0.29) is 12.1 Å². The van der Waals surface area contributed by atoms with E-state index in [4.69, 9.17) is 4.74 Å². The highest BCUT2D eigenvalue weighted by atomic mass is 16.5. The van der Waals surface area contributed by atoms with Crippen LogP contribution in [0.4, 0.5) is 0 Å². The summed E-state index contributed by atoms with van der Waals surface area (Å²) in [5.41, 5.74) is 2.51. The molecule has 0 saturated heterocycles. The van der Waals surface area contributed by atoms with Gasteiger partial charge in [0.15, 0.2) is 0 Å². The second kappa shape index (κ2) is 19.0. The van der Waals surface area contributed by atoms with E-state index in [9.17, 15) is 4.79 Å².